The van der Waals surface area contributed by atoms with Crippen molar-refractivity contribution in [3.05, 3.63) is 46.0 Å². The predicted molar refractivity (Wildman–Crippen MR) is 85.1 cm³/mol. The summed E-state index contributed by atoms with van der Waals surface area (Å²) >= 11 is 0. The first kappa shape index (κ1) is 13.9. The van der Waals surface area contributed by atoms with E-state index in [0.717, 1.165) is 23.3 Å². The molecule has 6 heteroatoms. The molecule has 0 aromatic heterocycles. The van der Waals surface area contributed by atoms with E-state index >= 15 is 0 Å². The first-order valence-corrected chi connectivity index (χ1v) is 8.27. The fourth-order valence-corrected chi connectivity index (χ4v) is 5.28. The molecule has 2 amide bonds. The average Bonchev–Trinajstić information content (AvgIpc) is 3.14. The van der Waals surface area contributed by atoms with Gasteiger partial charge in [-0.1, -0.05) is 18.2 Å². The molecular weight excluding hydrogens is 308 g/mol. The number of carbonyl (C=O) groups is 2. The summed E-state index contributed by atoms with van der Waals surface area (Å²) in [4.78, 5) is 38.0. The van der Waals surface area contributed by atoms with E-state index in [-0.39, 0.29) is 52.3 Å². The topological polar surface area (TPSA) is 80.5 Å². The Morgan fingerprint density at radius 2 is 1.71 bits per heavy atom. The van der Waals surface area contributed by atoms with Crippen LogP contribution in [0.1, 0.15) is 18.4 Å². The maximum absolute atomic E-state index is 13.0. The molecule has 5 rings (SSSR count). The molecule has 1 aliphatic heterocycles. The van der Waals surface area contributed by atoms with Crippen LogP contribution in [0.15, 0.2) is 30.4 Å². The fraction of sp³-hybridized carbons (Fsp3) is 0.444. The first-order chi connectivity index (χ1) is 11.5. The molecule has 1 saturated heterocycles. The van der Waals surface area contributed by atoms with Crippen molar-refractivity contribution in [1.82, 2.24) is 0 Å². The number of carbonyl (C=O) groups excluding carboxylic acids is 2. The van der Waals surface area contributed by atoms with Crippen LogP contribution in [-0.4, -0.2) is 16.7 Å². The standard InChI is InChI=1S/C18H16N2O4/c1-9-2-5-12(13(8-9)20(23)24)19-16(21)14-10-3-4-11(15(14)17(19)22)18(10)6-7-18/h2-5,8,10-11,14-15H,6-7H2,1H3/t10-,11-,14-,15-/m0/s1. The van der Waals surface area contributed by atoms with Gasteiger partial charge in [0.05, 0.1) is 16.8 Å². The van der Waals surface area contributed by atoms with Crippen LogP contribution in [0.2, 0.25) is 0 Å². The molecule has 24 heavy (non-hydrogen) atoms. The molecule has 4 atom stereocenters. The highest BCUT2D eigenvalue weighted by atomic mass is 16.6. The van der Waals surface area contributed by atoms with Crippen LogP contribution in [0.4, 0.5) is 11.4 Å². The van der Waals surface area contributed by atoms with Crippen LogP contribution in [0.5, 0.6) is 0 Å². The van der Waals surface area contributed by atoms with Gasteiger partial charge in [-0.05, 0) is 48.6 Å². The van der Waals surface area contributed by atoms with Gasteiger partial charge in [0.2, 0.25) is 11.8 Å². The van der Waals surface area contributed by atoms with Crippen molar-refractivity contribution in [3.8, 4) is 0 Å². The van der Waals surface area contributed by atoms with Gasteiger partial charge >= 0.3 is 0 Å². The number of nitro benzene ring substituents is 1. The highest BCUT2D eigenvalue weighted by Crippen LogP contribution is 2.73. The summed E-state index contributed by atoms with van der Waals surface area (Å²) in [5, 5.41) is 11.4. The predicted octanol–water partition coefficient (Wildman–Crippen LogP) is 2.60. The minimum Gasteiger partial charge on any atom is -0.274 e. The van der Waals surface area contributed by atoms with Gasteiger partial charge in [-0.15, -0.1) is 0 Å². The third-order valence-electron chi connectivity index (χ3n) is 6.42. The largest absolute Gasteiger partial charge is 0.293 e. The molecule has 4 aliphatic rings. The number of anilines is 1. The Balaban J connectivity index is 1.60. The number of allylic oxidation sites excluding steroid dienone is 2. The number of amides is 2. The third kappa shape index (κ3) is 1.42. The zero-order valence-electron chi connectivity index (χ0n) is 13.1. The molecule has 2 bridgehead atoms. The molecule has 1 heterocycles. The van der Waals surface area contributed by atoms with Crippen LogP contribution in [0.25, 0.3) is 0 Å². The second-order valence-corrected chi connectivity index (χ2v) is 7.48. The van der Waals surface area contributed by atoms with Gasteiger partial charge in [0.25, 0.3) is 5.69 Å². The number of imide groups is 1. The molecule has 122 valence electrons. The van der Waals surface area contributed by atoms with Crippen molar-refractivity contribution in [2.24, 2.45) is 29.1 Å². The summed E-state index contributed by atoms with van der Waals surface area (Å²) in [6.45, 7) is 1.75. The number of hydrogen-bond acceptors (Lipinski definition) is 4. The summed E-state index contributed by atoms with van der Waals surface area (Å²) in [5.74, 6) is -0.955. The molecule has 3 fully saturated rings. The van der Waals surface area contributed by atoms with E-state index in [9.17, 15) is 19.7 Å². The maximum atomic E-state index is 13.0. The monoisotopic (exact) mass is 324 g/mol. The maximum Gasteiger partial charge on any atom is 0.293 e. The lowest BCUT2D eigenvalue weighted by atomic mass is 9.85. The number of fused-ring (bicyclic) bond motifs is 3. The second-order valence-electron chi connectivity index (χ2n) is 7.48. The lowest BCUT2D eigenvalue weighted by Gasteiger charge is -2.21. The van der Waals surface area contributed by atoms with Crippen LogP contribution < -0.4 is 4.90 Å². The quantitative estimate of drug-likeness (QED) is 0.362. The Morgan fingerprint density at radius 1 is 1.12 bits per heavy atom. The Kier molecular flexibility index (Phi) is 2.39. The summed E-state index contributed by atoms with van der Waals surface area (Å²) in [6, 6.07) is 4.64. The van der Waals surface area contributed by atoms with E-state index in [1.807, 2.05) is 0 Å². The number of rotatable bonds is 2. The van der Waals surface area contributed by atoms with Crippen LogP contribution in [0.3, 0.4) is 0 Å². The Labute approximate surface area is 138 Å². The molecule has 3 aliphatic carbocycles. The Hall–Kier alpha value is -2.50. The molecule has 6 nitrogen and oxygen atoms in total. The van der Waals surface area contributed by atoms with E-state index in [2.05, 4.69) is 12.2 Å². The minimum absolute atomic E-state index is 0.110. The third-order valence-corrected chi connectivity index (χ3v) is 6.42. The molecule has 0 radical (unpaired) electrons. The smallest absolute Gasteiger partial charge is 0.274 e. The number of benzene rings is 1. The fourth-order valence-electron chi connectivity index (χ4n) is 5.28. The zero-order valence-corrected chi connectivity index (χ0v) is 13.1. The number of aryl methyl sites for hydroxylation is 1. The minimum atomic E-state index is -0.522. The van der Waals surface area contributed by atoms with E-state index in [1.54, 1.807) is 13.0 Å². The number of nitro groups is 1. The zero-order chi connectivity index (χ0) is 16.8. The van der Waals surface area contributed by atoms with Crippen molar-refractivity contribution < 1.29 is 14.5 Å². The lowest BCUT2D eigenvalue weighted by Crippen LogP contribution is -2.35. The molecule has 2 saturated carbocycles. The molecule has 0 N–H and O–H groups in total. The van der Waals surface area contributed by atoms with Gasteiger partial charge in [-0.3, -0.25) is 19.7 Å². The van der Waals surface area contributed by atoms with Gasteiger partial charge in [-0.25, -0.2) is 4.90 Å². The van der Waals surface area contributed by atoms with Crippen molar-refractivity contribution in [3.63, 3.8) is 0 Å². The summed E-state index contributed by atoms with van der Waals surface area (Å²) < 4.78 is 0. The Morgan fingerprint density at radius 3 is 2.21 bits per heavy atom. The van der Waals surface area contributed by atoms with E-state index in [1.165, 1.54) is 12.1 Å². The van der Waals surface area contributed by atoms with Gasteiger partial charge < -0.3 is 0 Å². The van der Waals surface area contributed by atoms with Crippen molar-refractivity contribution in [2.45, 2.75) is 19.8 Å². The second kappa shape index (κ2) is 4.12. The van der Waals surface area contributed by atoms with Crippen LogP contribution in [-0.2, 0) is 9.59 Å². The van der Waals surface area contributed by atoms with Crippen LogP contribution >= 0.6 is 0 Å². The van der Waals surface area contributed by atoms with Crippen LogP contribution in [0, 0.1) is 46.1 Å². The lowest BCUT2D eigenvalue weighted by molar-refractivity contribution is -0.384. The Bertz CT molecular complexity index is 821. The van der Waals surface area contributed by atoms with Gasteiger partial charge in [-0.2, -0.15) is 0 Å². The summed E-state index contributed by atoms with van der Waals surface area (Å²) in [7, 11) is 0. The van der Waals surface area contributed by atoms with Crippen molar-refractivity contribution in [2.75, 3.05) is 4.90 Å². The van der Waals surface area contributed by atoms with Crippen molar-refractivity contribution >= 4 is 23.2 Å². The molecule has 1 spiro atoms. The van der Waals surface area contributed by atoms with E-state index in [0.29, 0.717) is 0 Å². The SMILES string of the molecule is Cc1ccc(N2C(=O)[C@@H]3[C@@H](C2=O)[C@@H]2C=C[C@@H]3C23CC3)c([N+](=O)[O-])c1. The molecule has 0 unspecified atom stereocenters. The first-order valence-electron chi connectivity index (χ1n) is 8.27. The highest BCUT2D eigenvalue weighted by molar-refractivity contribution is 6.24. The molecular formula is C18H16N2O4. The molecule has 1 aromatic carbocycles. The number of nitrogens with zero attached hydrogens (tertiary/aromatic N) is 2. The average molecular weight is 324 g/mol. The van der Waals surface area contributed by atoms with Gasteiger partial charge in [0.15, 0.2) is 0 Å². The summed E-state index contributed by atoms with van der Waals surface area (Å²) in [5.41, 5.74) is 0.784. The summed E-state index contributed by atoms with van der Waals surface area (Å²) in [6.07, 6.45) is 6.34. The van der Waals surface area contributed by atoms with Crippen molar-refractivity contribution in [1.29, 1.82) is 0 Å². The van der Waals surface area contributed by atoms with Gasteiger partial charge in [0.1, 0.15) is 5.69 Å². The highest BCUT2D eigenvalue weighted by Gasteiger charge is 2.73. The number of hydrogen-bond donors (Lipinski definition) is 0. The van der Waals surface area contributed by atoms with E-state index < -0.39 is 4.92 Å². The normalized spacial score (nSPS) is 34.3. The molecule has 1 aromatic rings. The van der Waals surface area contributed by atoms with Gasteiger partial charge in [0, 0.05) is 6.07 Å². The van der Waals surface area contributed by atoms with E-state index in [4.69, 9.17) is 0 Å².